The molecule has 3 aliphatic rings. The van der Waals surface area contributed by atoms with Gasteiger partial charge in [-0.3, -0.25) is 0 Å². The number of rotatable bonds is 5. The molecule has 0 saturated carbocycles. The summed E-state index contributed by atoms with van der Waals surface area (Å²) in [6.07, 6.45) is 1.10. The number of hydrogen-bond acceptors (Lipinski definition) is 4. The lowest BCUT2D eigenvalue weighted by Gasteiger charge is -2.45. The van der Waals surface area contributed by atoms with E-state index in [0.29, 0.717) is 0 Å². The summed E-state index contributed by atoms with van der Waals surface area (Å²) < 4.78 is 2.74. The Hall–Kier alpha value is -6.04. The van der Waals surface area contributed by atoms with E-state index in [1.165, 1.54) is 93.3 Å². The van der Waals surface area contributed by atoms with Gasteiger partial charge in [-0.05, 0) is 162 Å². The molecule has 0 unspecified atom stereocenters. The molecule has 0 N–H and O–H groups in total. The molecule has 1 aromatic heterocycles. The van der Waals surface area contributed by atoms with Crippen molar-refractivity contribution in [2.75, 3.05) is 14.7 Å². The molecule has 5 heteroatoms. The summed E-state index contributed by atoms with van der Waals surface area (Å²) in [6.45, 7) is 38.1. The van der Waals surface area contributed by atoms with Crippen molar-refractivity contribution >= 4 is 95.0 Å². The fourth-order valence-electron chi connectivity index (χ4n) is 12.4. The van der Waals surface area contributed by atoms with Crippen LogP contribution in [0.25, 0.3) is 10.1 Å². The first kappa shape index (κ1) is 48.2. The predicted molar refractivity (Wildman–Crippen MR) is 316 cm³/mol. The van der Waals surface area contributed by atoms with Gasteiger partial charge in [0.25, 0.3) is 6.71 Å². The lowest BCUT2D eigenvalue weighted by Crippen LogP contribution is -2.60. The largest absolute Gasteiger partial charge is 0.311 e. The van der Waals surface area contributed by atoms with E-state index in [0.717, 1.165) is 23.5 Å². The molecular weight excluding hydrogens is 890 g/mol. The van der Waals surface area contributed by atoms with Crippen LogP contribution in [0.2, 0.25) is 0 Å². The van der Waals surface area contributed by atoms with Crippen LogP contribution in [-0.2, 0) is 32.5 Å². The minimum atomic E-state index is -0.0757. The number of nitrogens with zero attached hydrogens (tertiary/aromatic N) is 3. The van der Waals surface area contributed by atoms with Crippen LogP contribution in [-0.4, -0.2) is 6.71 Å². The summed E-state index contributed by atoms with van der Waals surface area (Å²) in [5, 5.41) is 1.32. The van der Waals surface area contributed by atoms with Crippen molar-refractivity contribution in [1.82, 2.24) is 0 Å². The van der Waals surface area contributed by atoms with Crippen LogP contribution in [0.1, 0.15) is 151 Å². The fourth-order valence-corrected chi connectivity index (χ4v) is 13.7. The van der Waals surface area contributed by atoms with E-state index in [1.54, 1.807) is 0 Å². The Labute approximate surface area is 436 Å². The molecule has 0 fully saturated rings. The quantitative estimate of drug-likeness (QED) is 0.159. The van der Waals surface area contributed by atoms with Crippen LogP contribution in [0.4, 0.5) is 51.2 Å². The molecule has 0 amide bonds. The zero-order valence-corrected chi connectivity index (χ0v) is 46.7. The first-order valence-corrected chi connectivity index (χ1v) is 27.2. The lowest BCUT2D eigenvalue weighted by atomic mass is 9.36. The van der Waals surface area contributed by atoms with Gasteiger partial charge in [0.1, 0.15) is 0 Å². The molecule has 0 bridgehead atoms. The van der Waals surface area contributed by atoms with Crippen LogP contribution in [0.3, 0.4) is 0 Å². The third-order valence-corrected chi connectivity index (χ3v) is 17.4. The Bertz CT molecular complexity index is 3350. The molecule has 1 aliphatic carbocycles. The van der Waals surface area contributed by atoms with E-state index in [2.05, 4.69) is 271 Å². The molecule has 366 valence electrons. The van der Waals surface area contributed by atoms with Crippen LogP contribution >= 0.6 is 11.3 Å². The fraction of sp³-hybridized carbons (Fsp3) is 0.343. The molecule has 0 spiro atoms. The number of para-hydroxylation sites is 2. The molecule has 72 heavy (non-hydrogen) atoms. The van der Waals surface area contributed by atoms with Gasteiger partial charge in [-0.25, -0.2) is 0 Å². The Morgan fingerprint density at radius 1 is 0.458 bits per heavy atom. The van der Waals surface area contributed by atoms with Gasteiger partial charge in [0.15, 0.2) is 0 Å². The SMILES string of the molecule is CC(C)(C)c1ccc(N2c3cc(N(c4ccccc4)c4ccccc4)cc4c3B(c3cc5c(cc3N4c3cc(C(C)(C)C)cc(C(C)(C)C)c3)C(C)(C)CC5(C)C)c3sc4ccc(C(C)(C)C)cc4c32)cc1. The van der Waals surface area contributed by atoms with E-state index >= 15 is 0 Å². The molecular formula is C67H74BN3S. The zero-order valence-electron chi connectivity index (χ0n) is 45.9. The summed E-state index contributed by atoms with van der Waals surface area (Å²) >= 11 is 2.00. The maximum atomic E-state index is 2.70. The first-order chi connectivity index (χ1) is 33.7. The highest BCUT2D eigenvalue weighted by molar-refractivity contribution is 7.33. The maximum Gasteiger partial charge on any atom is 0.264 e. The highest BCUT2D eigenvalue weighted by Crippen LogP contribution is 2.55. The Balaban J connectivity index is 1.34. The van der Waals surface area contributed by atoms with Crippen molar-refractivity contribution in [2.45, 2.75) is 150 Å². The third-order valence-electron chi connectivity index (χ3n) is 16.2. The first-order valence-electron chi connectivity index (χ1n) is 26.4. The monoisotopic (exact) mass is 964 g/mol. The summed E-state index contributed by atoms with van der Waals surface area (Å²) in [5.74, 6) is 0. The van der Waals surface area contributed by atoms with Crippen molar-refractivity contribution in [3.63, 3.8) is 0 Å². The molecule has 7 aromatic carbocycles. The van der Waals surface area contributed by atoms with Crippen molar-refractivity contribution < 1.29 is 0 Å². The number of hydrogen-bond donors (Lipinski definition) is 0. The molecule has 3 nitrogen and oxygen atoms in total. The number of thiophene rings is 1. The van der Waals surface area contributed by atoms with Gasteiger partial charge in [0, 0.05) is 54.7 Å². The van der Waals surface area contributed by atoms with Crippen LogP contribution in [0, 0.1) is 0 Å². The molecule has 2 aliphatic heterocycles. The van der Waals surface area contributed by atoms with Gasteiger partial charge in [-0.15, -0.1) is 11.3 Å². The van der Waals surface area contributed by atoms with Crippen LogP contribution in [0.5, 0.6) is 0 Å². The van der Waals surface area contributed by atoms with Crippen LogP contribution < -0.4 is 30.4 Å². The van der Waals surface area contributed by atoms with Crippen molar-refractivity contribution in [2.24, 2.45) is 0 Å². The second-order valence-corrected chi connectivity index (χ2v) is 27.8. The van der Waals surface area contributed by atoms with Gasteiger partial charge in [-0.2, -0.15) is 0 Å². The normalized spacial score (nSPS) is 15.9. The second-order valence-electron chi connectivity index (χ2n) is 26.8. The highest BCUT2D eigenvalue weighted by Gasteiger charge is 2.49. The summed E-state index contributed by atoms with van der Waals surface area (Å²) in [6, 6.07) is 56.7. The zero-order chi connectivity index (χ0) is 51.2. The molecule has 0 radical (unpaired) electrons. The molecule has 8 aromatic rings. The molecule has 0 atom stereocenters. The number of fused-ring (bicyclic) bond motifs is 7. The van der Waals surface area contributed by atoms with Gasteiger partial charge >= 0.3 is 0 Å². The van der Waals surface area contributed by atoms with E-state index in [1.807, 2.05) is 11.3 Å². The van der Waals surface area contributed by atoms with Crippen molar-refractivity contribution in [3.8, 4) is 0 Å². The average Bonchev–Trinajstić information content (AvgIpc) is 3.77. The number of benzene rings is 7. The highest BCUT2D eigenvalue weighted by atomic mass is 32.1. The van der Waals surface area contributed by atoms with Gasteiger partial charge in [0.05, 0.1) is 11.4 Å². The summed E-state index contributed by atoms with van der Waals surface area (Å²) in [5.41, 5.74) is 21.7. The topological polar surface area (TPSA) is 9.72 Å². The Morgan fingerprint density at radius 3 is 1.49 bits per heavy atom. The minimum Gasteiger partial charge on any atom is -0.311 e. The second kappa shape index (κ2) is 16.2. The Morgan fingerprint density at radius 2 is 0.958 bits per heavy atom. The predicted octanol–water partition coefficient (Wildman–Crippen LogP) is 17.6. The Kier molecular flexibility index (Phi) is 10.9. The van der Waals surface area contributed by atoms with Gasteiger partial charge < -0.3 is 14.7 Å². The van der Waals surface area contributed by atoms with E-state index in [-0.39, 0.29) is 39.2 Å². The van der Waals surface area contributed by atoms with E-state index < -0.39 is 0 Å². The maximum absolute atomic E-state index is 2.70. The average molecular weight is 964 g/mol. The van der Waals surface area contributed by atoms with Crippen LogP contribution in [0.15, 0.2) is 146 Å². The van der Waals surface area contributed by atoms with Crippen molar-refractivity contribution in [3.05, 3.63) is 179 Å². The minimum absolute atomic E-state index is 0.00275. The molecule has 11 rings (SSSR count). The van der Waals surface area contributed by atoms with Gasteiger partial charge in [0.2, 0.25) is 0 Å². The smallest absolute Gasteiger partial charge is 0.264 e. The third kappa shape index (κ3) is 7.92. The summed E-state index contributed by atoms with van der Waals surface area (Å²) in [7, 11) is 0. The molecule has 3 heterocycles. The molecule has 0 saturated heterocycles. The summed E-state index contributed by atoms with van der Waals surface area (Å²) in [4.78, 5) is 7.83. The lowest BCUT2D eigenvalue weighted by molar-refractivity contribution is 0.403. The van der Waals surface area contributed by atoms with Crippen molar-refractivity contribution in [1.29, 1.82) is 0 Å². The standard InChI is InChI=1S/C67H74BN3S/c1-62(2,3)42-27-30-48(31-28-42)71-57-38-50(69(46-23-19-17-20-24-46)47-25-21-18-22-26-47)37-56-59(57)68(61-60(71)51-36-43(63(4,5)6)29-32-58(51)72-61)54-39-52-53(67(15,16)41-66(52,13)14)40-55(54)70(56)49-34-44(64(7,8)9)33-45(35-49)65(10,11)12/h17-40H,41H2,1-16H3. The van der Waals surface area contributed by atoms with Gasteiger partial charge in [-0.1, -0.05) is 178 Å². The van der Waals surface area contributed by atoms with E-state index in [4.69, 9.17) is 0 Å². The number of anilines is 9. The van der Waals surface area contributed by atoms with E-state index in [9.17, 15) is 0 Å².